The molecule has 0 amide bonds. The molecule has 0 aliphatic rings. The molecule has 0 aromatic heterocycles. The lowest BCUT2D eigenvalue weighted by Gasteiger charge is -2.08. The number of carbonyl (C=O) groups is 1. The zero-order valence-corrected chi connectivity index (χ0v) is 8.35. The molecule has 1 aromatic carbocycles. The third kappa shape index (κ3) is 3.99. The minimum Gasteiger partial charge on any atom is -0.493 e. The second-order valence-electron chi connectivity index (χ2n) is 3.11. The number of aliphatic hydroxyl groups excluding tert-OH is 1. The summed E-state index contributed by atoms with van der Waals surface area (Å²) in [5, 5.41) is 17.4. The van der Waals surface area contributed by atoms with Gasteiger partial charge in [-0.2, -0.15) is 0 Å². The van der Waals surface area contributed by atoms with Crippen molar-refractivity contribution in [3.05, 3.63) is 29.8 Å². The van der Waals surface area contributed by atoms with Crippen LogP contribution >= 0.6 is 0 Å². The lowest BCUT2D eigenvalue weighted by molar-refractivity contribution is -0.137. The number of aliphatic hydroxyl groups is 1. The summed E-state index contributed by atoms with van der Waals surface area (Å²) in [6.07, 6.45) is 0.566. The van der Waals surface area contributed by atoms with Crippen molar-refractivity contribution in [3.8, 4) is 5.75 Å². The van der Waals surface area contributed by atoms with Crippen LogP contribution in [0, 0.1) is 0 Å². The summed E-state index contributed by atoms with van der Waals surface area (Å²) in [7, 11) is 0. The molecule has 0 aliphatic carbocycles. The van der Waals surface area contributed by atoms with Crippen molar-refractivity contribution in [3.63, 3.8) is 0 Å². The van der Waals surface area contributed by atoms with Crippen molar-refractivity contribution in [1.82, 2.24) is 0 Å². The Balaban J connectivity index is 2.39. The molecule has 15 heavy (non-hydrogen) atoms. The van der Waals surface area contributed by atoms with Gasteiger partial charge in [0, 0.05) is 12.0 Å². The average molecular weight is 210 g/mol. The summed E-state index contributed by atoms with van der Waals surface area (Å²) >= 11 is 0. The van der Waals surface area contributed by atoms with Gasteiger partial charge in [-0.15, -0.1) is 0 Å². The molecular formula is C11H14O4. The van der Waals surface area contributed by atoms with E-state index in [4.69, 9.17) is 14.9 Å². The zero-order chi connectivity index (χ0) is 11.1. The maximum absolute atomic E-state index is 10.2. The molecule has 0 spiro atoms. The fourth-order valence-electron chi connectivity index (χ4n) is 1.18. The lowest BCUT2D eigenvalue weighted by atomic mass is 10.2. The fraction of sp³-hybridized carbons (Fsp3) is 0.364. The largest absolute Gasteiger partial charge is 0.493 e. The van der Waals surface area contributed by atoms with Crippen LogP contribution in [0.3, 0.4) is 0 Å². The highest BCUT2D eigenvalue weighted by molar-refractivity contribution is 5.66. The Labute approximate surface area is 88.1 Å². The first kappa shape index (κ1) is 11.5. The molecule has 0 heterocycles. The molecule has 4 nitrogen and oxygen atoms in total. The molecule has 1 rings (SSSR count). The van der Waals surface area contributed by atoms with Gasteiger partial charge in [-0.3, -0.25) is 4.79 Å². The number of para-hydroxylation sites is 1. The number of rotatable bonds is 6. The summed E-state index contributed by atoms with van der Waals surface area (Å²) in [5.41, 5.74) is 0.716. The van der Waals surface area contributed by atoms with E-state index in [0.717, 1.165) is 0 Å². The number of hydrogen-bond acceptors (Lipinski definition) is 3. The van der Waals surface area contributed by atoms with Crippen LogP contribution in [-0.2, 0) is 11.4 Å². The third-order valence-electron chi connectivity index (χ3n) is 1.94. The van der Waals surface area contributed by atoms with Crippen molar-refractivity contribution < 1.29 is 19.7 Å². The van der Waals surface area contributed by atoms with Crippen molar-refractivity contribution in [2.24, 2.45) is 0 Å². The molecule has 0 saturated heterocycles. The van der Waals surface area contributed by atoms with Gasteiger partial charge in [0.05, 0.1) is 13.2 Å². The summed E-state index contributed by atoms with van der Waals surface area (Å²) in [6.45, 7) is 0.276. The summed E-state index contributed by atoms with van der Waals surface area (Å²) in [6, 6.07) is 7.15. The number of carboxylic acid groups (broad SMARTS) is 1. The van der Waals surface area contributed by atoms with E-state index in [1.165, 1.54) is 0 Å². The minimum atomic E-state index is -0.825. The predicted octanol–water partition coefficient (Wildman–Crippen LogP) is 1.42. The Hall–Kier alpha value is -1.55. The number of carboxylic acids is 1. The van der Waals surface area contributed by atoms with Gasteiger partial charge >= 0.3 is 5.97 Å². The predicted molar refractivity (Wildman–Crippen MR) is 54.7 cm³/mol. The Morgan fingerprint density at radius 3 is 2.73 bits per heavy atom. The molecule has 82 valence electrons. The molecule has 1 aromatic rings. The molecule has 2 N–H and O–H groups in total. The molecular weight excluding hydrogens is 196 g/mol. The Bertz CT molecular complexity index is 322. The fourth-order valence-corrected chi connectivity index (χ4v) is 1.18. The first-order chi connectivity index (χ1) is 7.24. The van der Waals surface area contributed by atoms with Crippen LogP contribution in [0.5, 0.6) is 5.75 Å². The molecule has 4 heteroatoms. The molecule has 0 atom stereocenters. The number of hydrogen-bond donors (Lipinski definition) is 2. The van der Waals surface area contributed by atoms with Crippen molar-refractivity contribution in [2.75, 3.05) is 6.61 Å². The maximum atomic E-state index is 10.2. The number of ether oxygens (including phenoxy) is 1. The number of aliphatic carboxylic acids is 1. The van der Waals surface area contributed by atoms with E-state index in [-0.39, 0.29) is 13.0 Å². The van der Waals surface area contributed by atoms with Crippen LogP contribution in [0.25, 0.3) is 0 Å². The molecule has 0 fully saturated rings. The zero-order valence-electron chi connectivity index (χ0n) is 8.35. The number of benzene rings is 1. The van der Waals surface area contributed by atoms with Crippen molar-refractivity contribution in [2.45, 2.75) is 19.4 Å². The topological polar surface area (TPSA) is 66.8 Å². The lowest BCUT2D eigenvalue weighted by Crippen LogP contribution is -2.03. The van der Waals surface area contributed by atoms with E-state index in [9.17, 15) is 4.79 Å². The Morgan fingerprint density at radius 2 is 2.07 bits per heavy atom. The quantitative estimate of drug-likeness (QED) is 0.697. The minimum absolute atomic E-state index is 0.0743. The third-order valence-corrected chi connectivity index (χ3v) is 1.94. The summed E-state index contributed by atoms with van der Waals surface area (Å²) in [5.74, 6) is -0.209. The smallest absolute Gasteiger partial charge is 0.303 e. The van der Waals surface area contributed by atoms with Crippen LogP contribution in [0.1, 0.15) is 18.4 Å². The van der Waals surface area contributed by atoms with E-state index in [2.05, 4.69) is 0 Å². The standard InChI is InChI=1S/C11H14O4/c12-8-9-4-1-2-5-10(9)15-7-3-6-11(13)14/h1-2,4-5,12H,3,6-8H2,(H,13,14). The normalized spacial score (nSPS) is 9.93. The average Bonchev–Trinajstić information content (AvgIpc) is 2.24. The van der Waals surface area contributed by atoms with Gasteiger partial charge in [0.15, 0.2) is 0 Å². The van der Waals surface area contributed by atoms with Crippen molar-refractivity contribution >= 4 is 5.97 Å². The van der Waals surface area contributed by atoms with Crippen LogP contribution in [-0.4, -0.2) is 22.8 Å². The monoisotopic (exact) mass is 210 g/mol. The van der Waals surface area contributed by atoms with Gasteiger partial charge in [-0.1, -0.05) is 18.2 Å². The van der Waals surface area contributed by atoms with Gasteiger partial charge in [0.1, 0.15) is 5.75 Å². The van der Waals surface area contributed by atoms with Crippen LogP contribution in [0.4, 0.5) is 0 Å². The Morgan fingerprint density at radius 1 is 1.33 bits per heavy atom. The van der Waals surface area contributed by atoms with E-state index in [1.54, 1.807) is 12.1 Å². The highest BCUT2D eigenvalue weighted by Crippen LogP contribution is 2.17. The Kier molecular flexibility index (Phi) is 4.63. The molecule has 0 aliphatic heterocycles. The van der Waals surface area contributed by atoms with E-state index < -0.39 is 5.97 Å². The SMILES string of the molecule is O=C(O)CCCOc1ccccc1CO. The summed E-state index contributed by atoms with van der Waals surface area (Å²) < 4.78 is 5.36. The van der Waals surface area contributed by atoms with Gasteiger partial charge in [-0.25, -0.2) is 0 Å². The van der Waals surface area contributed by atoms with Gasteiger partial charge < -0.3 is 14.9 Å². The van der Waals surface area contributed by atoms with E-state index in [0.29, 0.717) is 24.3 Å². The van der Waals surface area contributed by atoms with E-state index in [1.807, 2.05) is 12.1 Å². The van der Waals surface area contributed by atoms with Crippen LogP contribution in [0.2, 0.25) is 0 Å². The highest BCUT2D eigenvalue weighted by Gasteiger charge is 2.02. The molecule has 0 unspecified atom stereocenters. The van der Waals surface area contributed by atoms with Gasteiger partial charge in [0.25, 0.3) is 0 Å². The molecule has 0 saturated carbocycles. The molecule has 0 radical (unpaired) electrons. The highest BCUT2D eigenvalue weighted by atomic mass is 16.5. The van der Waals surface area contributed by atoms with E-state index >= 15 is 0 Å². The summed E-state index contributed by atoms with van der Waals surface area (Å²) in [4.78, 5) is 10.2. The van der Waals surface area contributed by atoms with Gasteiger partial charge in [0.2, 0.25) is 0 Å². The van der Waals surface area contributed by atoms with Crippen LogP contribution in [0.15, 0.2) is 24.3 Å². The van der Waals surface area contributed by atoms with Crippen molar-refractivity contribution in [1.29, 1.82) is 0 Å². The molecule has 0 bridgehead atoms. The first-order valence-electron chi connectivity index (χ1n) is 4.77. The van der Waals surface area contributed by atoms with Gasteiger partial charge in [-0.05, 0) is 12.5 Å². The van der Waals surface area contributed by atoms with Crippen LogP contribution < -0.4 is 4.74 Å². The second kappa shape index (κ2) is 6.03. The maximum Gasteiger partial charge on any atom is 0.303 e. The second-order valence-corrected chi connectivity index (χ2v) is 3.11. The first-order valence-corrected chi connectivity index (χ1v) is 4.77.